The number of pyridine rings is 1. The van der Waals surface area contributed by atoms with Crippen molar-refractivity contribution in [3.8, 4) is 0 Å². The van der Waals surface area contributed by atoms with E-state index in [1.807, 2.05) is 19.9 Å². The van der Waals surface area contributed by atoms with Crippen LogP contribution in [0.2, 0.25) is 0 Å². The first-order valence-corrected chi connectivity index (χ1v) is 7.35. The number of nitrogens with zero attached hydrogens (tertiary/aromatic N) is 2. The summed E-state index contributed by atoms with van der Waals surface area (Å²) >= 11 is 0. The minimum absolute atomic E-state index is 0.0560. The highest BCUT2D eigenvalue weighted by atomic mass is 16.3. The van der Waals surface area contributed by atoms with Crippen LogP contribution < -0.4 is 5.32 Å². The van der Waals surface area contributed by atoms with Crippen LogP contribution in [0.25, 0.3) is 0 Å². The summed E-state index contributed by atoms with van der Waals surface area (Å²) in [7, 11) is 1.70. The van der Waals surface area contributed by atoms with E-state index in [0.717, 1.165) is 12.2 Å². The lowest BCUT2D eigenvalue weighted by atomic mass is 9.90. The SMILES string of the molecule is CCNc1cc(C(=O)N(C)C(C)CO)cc(C(C)(C)C)n1. The molecule has 0 saturated heterocycles. The van der Waals surface area contributed by atoms with E-state index in [0.29, 0.717) is 11.4 Å². The quantitative estimate of drug-likeness (QED) is 0.874. The van der Waals surface area contributed by atoms with Crippen LogP contribution in [0.3, 0.4) is 0 Å². The van der Waals surface area contributed by atoms with Crippen LogP contribution in [0.1, 0.15) is 50.7 Å². The van der Waals surface area contributed by atoms with Crippen molar-refractivity contribution in [2.24, 2.45) is 0 Å². The number of likely N-dealkylation sites (N-methyl/N-ethyl adjacent to an activating group) is 1. The van der Waals surface area contributed by atoms with Gasteiger partial charge in [0.05, 0.1) is 12.6 Å². The Kier molecular flexibility index (Phi) is 5.72. The van der Waals surface area contributed by atoms with Crippen LogP contribution in [0.5, 0.6) is 0 Å². The molecule has 0 radical (unpaired) electrons. The topological polar surface area (TPSA) is 65.5 Å². The fraction of sp³-hybridized carbons (Fsp3) is 0.625. The Balaban J connectivity index is 3.22. The summed E-state index contributed by atoms with van der Waals surface area (Å²) in [6.07, 6.45) is 0. The van der Waals surface area contributed by atoms with Crippen molar-refractivity contribution in [3.63, 3.8) is 0 Å². The summed E-state index contributed by atoms with van der Waals surface area (Å²) in [6.45, 7) is 10.7. The third kappa shape index (κ3) is 4.43. The van der Waals surface area contributed by atoms with E-state index in [1.165, 1.54) is 0 Å². The first kappa shape index (κ1) is 17.4. The summed E-state index contributed by atoms with van der Waals surface area (Å²) in [4.78, 5) is 18.7. The molecule has 0 saturated carbocycles. The van der Waals surface area contributed by atoms with Gasteiger partial charge in [-0.15, -0.1) is 0 Å². The lowest BCUT2D eigenvalue weighted by molar-refractivity contribution is 0.0682. The van der Waals surface area contributed by atoms with Crippen molar-refractivity contribution < 1.29 is 9.90 Å². The highest BCUT2D eigenvalue weighted by Crippen LogP contribution is 2.24. The van der Waals surface area contributed by atoms with Gasteiger partial charge < -0.3 is 15.3 Å². The normalized spacial score (nSPS) is 12.9. The molecule has 1 aromatic rings. The van der Waals surface area contributed by atoms with Crippen molar-refractivity contribution in [1.82, 2.24) is 9.88 Å². The molecule has 1 rings (SSSR count). The van der Waals surface area contributed by atoms with Crippen molar-refractivity contribution >= 4 is 11.7 Å². The number of carbonyl (C=O) groups excluding carboxylic acids is 1. The molecule has 0 bridgehead atoms. The molecule has 1 amide bonds. The van der Waals surface area contributed by atoms with E-state index >= 15 is 0 Å². The number of aromatic nitrogens is 1. The molecule has 0 aromatic carbocycles. The van der Waals surface area contributed by atoms with E-state index in [1.54, 1.807) is 18.0 Å². The van der Waals surface area contributed by atoms with Crippen LogP contribution in [-0.4, -0.2) is 47.1 Å². The molecule has 118 valence electrons. The molecule has 1 aromatic heterocycles. The second-order valence-electron chi connectivity index (χ2n) is 6.35. The van der Waals surface area contributed by atoms with Gasteiger partial charge in [-0.05, 0) is 26.0 Å². The van der Waals surface area contributed by atoms with Crippen LogP contribution >= 0.6 is 0 Å². The van der Waals surface area contributed by atoms with Crippen molar-refractivity contribution in [3.05, 3.63) is 23.4 Å². The summed E-state index contributed by atoms with van der Waals surface area (Å²) < 4.78 is 0. The number of carbonyl (C=O) groups is 1. The van der Waals surface area contributed by atoms with Crippen LogP contribution in [-0.2, 0) is 5.41 Å². The average Bonchev–Trinajstić information content (AvgIpc) is 2.44. The summed E-state index contributed by atoms with van der Waals surface area (Å²) in [6, 6.07) is 3.39. The van der Waals surface area contributed by atoms with Gasteiger partial charge in [-0.2, -0.15) is 0 Å². The van der Waals surface area contributed by atoms with Crippen molar-refractivity contribution in [1.29, 1.82) is 0 Å². The maximum atomic E-state index is 12.5. The third-order valence-electron chi connectivity index (χ3n) is 3.44. The first-order chi connectivity index (χ1) is 9.70. The number of rotatable bonds is 5. The predicted molar refractivity (Wildman–Crippen MR) is 85.7 cm³/mol. The number of nitrogens with one attached hydrogen (secondary N) is 1. The summed E-state index contributed by atoms with van der Waals surface area (Å²) in [5, 5.41) is 12.4. The van der Waals surface area contributed by atoms with E-state index in [2.05, 4.69) is 31.1 Å². The van der Waals surface area contributed by atoms with Gasteiger partial charge in [-0.1, -0.05) is 20.8 Å². The molecule has 1 atom stereocenters. The molecule has 0 aliphatic carbocycles. The Hall–Kier alpha value is -1.62. The fourth-order valence-electron chi connectivity index (χ4n) is 1.84. The first-order valence-electron chi connectivity index (χ1n) is 7.35. The Labute approximate surface area is 127 Å². The van der Waals surface area contributed by atoms with E-state index in [-0.39, 0.29) is 24.0 Å². The molecular weight excluding hydrogens is 266 g/mol. The van der Waals surface area contributed by atoms with Gasteiger partial charge in [0, 0.05) is 30.3 Å². The lowest BCUT2D eigenvalue weighted by Gasteiger charge is -2.25. The Morgan fingerprint density at radius 3 is 2.52 bits per heavy atom. The van der Waals surface area contributed by atoms with Crippen LogP contribution in [0.15, 0.2) is 12.1 Å². The highest BCUT2D eigenvalue weighted by Gasteiger charge is 2.22. The summed E-state index contributed by atoms with van der Waals surface area (Å²) in [5.41, 5.74) is 1.32. The second-order valence-corrected chi connectivity index (χ2v) is 6.35. The molecule has 5 nitrogen and oxygen atoms in total. The van der Waals surface area contributed by atoms with E-state index < -0.39 is 0 Å². The van der Waals surface area contributed by atoms with E-state index in [4.69, 9.17) is 0 Å². The minimum atomic E-state index is -0.216. The van der Waals surface area contributed by atoms with Crippen molar-refractivity contribution in [2.75, 3.05) is 25.5 Å². The number of hydrogen-bond acceptors (Lipinski definition) is 4. The second kappa shape index (κ2) is 6.89. The maximum Gasteiger partial charge on any atom is 0.254 e. The van der Waals surface area contributed by atoms with Gasteiger partial charge in [-0.25, -0.2) is 4.98 Å². The predicted octanol–water partition coefficient (Wildman–Crippen LogP) is 2.26. The Bertz CT molecular complexity index is 495. The van der Waals surface area contributed by atoms with Crippen LogP contribution in [0, 0.1) is 0 Å². The van der Waals surface area contributed by atoms with Gasteiger partial charge >= 0.3 is 0 Å². The van der Waals surface area contributed by atoms with Gasteiger partial charge in [0.1, 0.15) is 5.82 Å². The molecule has 21 heavy (non-hydrogen) atoms. The highest BCUT2D eigenvalue weighted by molar-refractivity contribution is 5.95. The van der Waals surface area contributed by atoms with E-state index in [9.17, 15) is 9.90 Å². The zero-order valence-electron chi connectivity index (χ0n) is 13.9. The van der Waals surface area contributed by atoms with Gasteiger partial charge in [-0.3, -0.25) is 4.79 Å². The molecule has 1 unspecified atom stereocenters. The molecule has 5 heteroatoms. The smallest absolute Gasteiger partial charge is 0.254 e. The zero-order valence-corrected chi connectivity index (χ0v) is 13.9. The average molecular weight is 293 g/mol. The summed E-state index contributed by atoms with van der Waals surface area (Å²) in [5.74, 6) is 0.599. The van der Waals surface area contributed by atoms with Gasteiger partial charge in [0.25, 0.3) is 5.91 Å². The molecular formula is C16H27N3O2. The zero-order chi connectivity index (χ0) is 16.2. The van der Waals surface area contributed by atoms with Crippen LogP contribution in [0.4, 0.5) is 5.82 Å². The largest absolute Gasteiger partial charge is 0.394 e. The molecule has 0 fully saturated rings. The number of hydrogen-bond donors (Lipinski definition) is 2. The minimum Gasteiger partial charge on any atom is -0.394 e. The Morgan fingerprint density at radius 1 is 1.43 bits per heavy atom. The molecule has 0 spiro atoms. The Morgan fingerprint density at radius 2 is 2.05 bits per heavy atom. The number of aliphatic hydroxyl groups is 1. The number of amides is 1. The molecule has 0 aliphatic heterocycles. The third-order valence-corrected chi connectivity index (χ3v) is 3.44. The van der Waals surface area contributed by atoms with Gasteiger partial charge in [0.15, 0.2) is 0 Å². The number of anilines is 1. The standard InChI is InChI=1S/C16H27N3O2/c1-7-17-14-9-12(8-13(18-14)16(3,4)5)15(21)19(6)11(2)10-20/h8-9,11,20H,7,10H2,1-6H3,(H,17,18). The van der Waals surface area contributed by atoms with Crippen molar-refractivity contribution in [2.45, 2.75) is 46.1 Å². The number of aliphatic hydroxyl groups excluding tert-OH is 1. The molecule has 0 aliphatic rings. The molecule has 1 heterocycles. The van der Waals surface area contributed by atoms with Gasteiger partial charge in [0.2, 0.25) is 0 Å². The fourth-order valence-corrected chi connectivity index (χ4v) is 1.84. The molecule has 2 N–H and O–H groups in total. The monoisotopic (exact) mass is 293 g/mol. The maximum absolute atomic E-state index is 12.5. The lowest BCUT2D eigenvalue weighted by Crippen LogP contribution is -2.37.